The molecule has 2 heterocycles. The molecule has 0 spiro atoms. The van der Waals surface area contributed by atoms with Gasteiger partial charge in [-0.25, -0.2) is 9.98 Å². The lowest BCUT2D eigenvalue weighted by atomic mass is 10.2. The van der Waals surface area contributed by atoms with Crippen LogP contribution in [0.5, 0.6) is 0 Å². The smallest absolute Gasteiger partial charge is 0.225 e. The van der Waals surface area contributed by atoms with E-state index in [2.05, 4.69) is 30.8 Å². The van der Waals surface area contributed by atoms with Gasteiger partial charge in [-0.15, -0.1) is 0 Å². The van der Waals surface area contributed by atoms with E-state index < -0.39 is 0 Å². The number of aryl methyl sites for hydroxylation is 2. The average molecular weight is 443 g/mol. The summed E-state index contributed by atoms with van der Waals surface area (Å²) in [4.78, 5) is 23.6. The fourth-order valence-electron chi connectivity index (χ4n) is 3.34. The van der Waals surface area contributed by atoms with Crippen molar-refractivity contribution in [2.45, 2.75) is 40.3 Å². The number of aromatic nitrogens is 1. The Balaban J connectivity index is 1.50. The molecule has 1 aliphatic rings. The van der Waals surface area contributed by atoms with Gasteiger partial charge in [-0.1, -0.05) is 12.1 Å². The largest absolute Gasteiger partial charge is 0.444 e. The number of carbonyl (C=O) groups excluding carboxylic acids is 1. The Hall–Kier alpha value is -2.91. The zero-order valence-corrected chi connectivity index (χ0v) is 19.2. The van der Waals surface area contributed by atoms with Crippen molar-refractivity contribution in [2.75, 3.05) is 44.7 Å². The molecular weight excluding hydrogens is 408 g/mol. The van der Waals surface area contributed by atoms with E-state index in [0.717, 1.165) is 62.1 Å². The summed E-state index contributed by atoms with van der Waals surface area (Å²) in [6, 6.07) is 7.79. The van der Waals surface area contributed by atoms with E-state index in [-0.39, 0.29) is 5.91 Å². The van der Waals surface area contributed by atoms with E-state index in [1.807, 2.05) is 45.0 Å². The predicted octanol–water partition coefficient (Wildman–Crippen LogP) is 2.21. The molecule has 0 unspecified atom stereocenters. The summed E-state index contributed by atoms with van der Waals surface area (Å²) in [5, 5.41) is 9.46. The van der Waals surface area contributed by atoms with Gasteiger partial charge in [0.1, 0.15) is 5.76 Å². The monoisotopic (exact) mass is 442 g/mol. The summed E-state index contributed by atoms with van der Waals surface area (Å²) in [5.74, 6) is 2.16. The highest BCUT2D eigenvalue weighted by Gasteiger charge is 2.12. The van der Waals surface area contributed by atoms with Gasteiger partial charge >= 0.3 is 0 Å². The molecular formula is C23H34N6O3. The number of hydrogen-bond acceptors (Lipinski definition) is 6. The summed E-state index contributed by atoms with van der Waals surface area (Å²) < 4.78 is 11.0. The Morgan fingerprint density at radius 2 is 2.03 bits per heavy atom. The third-order valence-corrected chi connectivity index (χ3v) is 5.21. The van der Waals surface area contributed by atoms with Crippen LogP contribution in [0, 0.1) is 13.8 Å². The molecule has 174 valence electrons. The molecule has 1 aromatic carbocycles. The molecule has 1 fully saturated rings. The Morgan fingerprint density at radius 3 is 2.75 bits per heavy atom. The molecule has 1 amide bonds. The Labute approximate surface area is 189 Å². The van der Waals surface area contributed by atoms with Crippen molar-refractivity contribution in [1.29, 1.82) is 0 Å². The van der Waals surface area contributed by atoms with E-state index in [4.69, 9.17) is 9.15 Å². The minimum absolute atomic E-state index is 0.0173. The molecule has 1 saturated heterocycles. The first kappa shape index (κ1) is 23.7. The fraction of sp³-hybridized carbons (Fsp3) is 0.522. The number of nitrogens with zero attached hydrogens (tertiary/aromatic N) is 3. The molecule has 0 atom stereocenters. The number of nitrogens with one attached hydrogen (secondary N) is 3. The van der Waals surface area contributed by atoms with Gasteiger partial charge in [-0.3, -0.25) is 9.69 Å². The van der Waals surface area contributed by atoms with Gasteiger partial charge in [0, 0.05) is 38.3 Å². The SMILES string of the molecule is CCNC(=NCc1cccc(NC(=O)CCN2CCOCC2)c1)NCc1nc(C)c(C)o1. The average Bonchev–Trinajstić information content (AvgIpc) is 3.12. The van der Waals surface area contributed by atoms with Crippen LogP contribution >= 0.6 is 0 Å². The molecule has 9 heteroatoms. The van der Waals surface area contributed by atoms with Crippen molar-refractivity contribution in [1.82, 2.24) is 20.5 Å². The minimum atomic E-state index is 0.0173. The molecule has 1 aromatic heterocycles. The summed E-state index contributed by atoms with van der Waals surface area (Å²) in [5.41, 5.74) is 2.69. The Bertz CT molecular complexity index is 885. The Morgan fingerprint density at radius 1 is 1.22 bits per heavy atom. The van der Waals surface area contributed by atoms with Gasteiger partial charge in [-0.05, 0) is 38.5 Å². The topological polar surface area (TPSA) is 104 Å². The lowest BCUT2D eigenvalue weighted by Crippen LogP contribution is -2.38. The van der Waals surface area contributed by atoms with Gasteiger partial charge < -0.3 is 25.1 Å². The maximum atomic E-state index is 12.3. The number of benzene rings is 1. The highest BCUT2D eigenvalue weighted by molar-refractivity contribution is 5.90. The van der Waals surface area contributed by atoms with Crippen LogP contribution in [-0.2, 0) is 22.6 Å². The Kier molecular flexibility index (Phi) is 9.06. The van der Waals surface area contributed by atoms with E-state index >= 15 is 0 Å². The summed E-state index contributed by atoms with van der Waals surface area (Å²) >= 11 is 0. The third kappa shape index (κ3) is 7.65. The molecule has 3 N–H and O–H groups in total. The maximum absolute atomic E-state index is 12.3. The number of oxazole rings is 1. The van der Waals surface area contributed by atoms with Crippen LogP contribution in [-0.4, -0.2) is 61.1 Å². The van der Waals surface area contributed by atoms with Crippen molar-refractivity contribution in [3.05, 3.63) is 47.2 Å². The van der Waals surface area contributed by atoms with E-state index in [1.54, 1.807) is 0 Å². The lowest BCUT2D eigenvalue weighted by molar-refractivity contribution is -0.116. The normalized spacial score (nSPS) is 14.9. The van der Waals surface area contributed by atoms with Crippen LogP contribution in [0.1, 0.15) is 36.3 Å². The molecule has 2 aromatic rings. The lowest BCUT2D eigenvalue weighted by Gasteiger charge is -2.26. The number of hydrogen-bond donors (Lipinski definition) is 3. The number of rotatable bonds is 9. The standard InChI is InChI=1S/C23H34N6O3/c1-4-24-23(26-16-22-27-17(2)18(3)32-22)25-15-19-6-5-7-20(14-19)28-21(30)8-9-29-10-12-31-13-11-29/h5-7,14H,4,8-13,15-16H2,1-3H3,(H,28,30)(H2,24,25,26). The van der Waals surface area contributed by atoms with Crippen molar-refractivity contribution in [2.24, 2.45) is 4.99 Å². The first-order chi connectivity index (χ1) is 15.5. The molecule has 0 bridgehead atoms. The van der Waals surface area contributed by atoms with Crippen LogP contribution in [0.2, 0.25) is 0 Å². The number of guanidine groups is 1. The highest BCUT2D eigenvalue weighted by atomic mass is 16.5. The van der Waals surface area contributed by atoms with Gasteiger partial charge in [-0.2, -0.15) is 0 Å². The van der Waals surface area contributed by atoms with E-state index in [0.29, 0.717) is 31.4 Å². The third-order valence-electron chi connectivity index (χ3n) is 5.21. The molecule has 9 nitrogen and oxygen atoms in total. The molecule has 3 rings (SSSR count). The second-order valence-corrected chi connectivity index (χ2v) is 7.75. The van der Waals surface area contributed by atoms with Gasteiger partial charge in [0.2, 0.25) is 11.8 Å². The van der Waals surface area contributed by atoms with Crippen molar-refractivity contribution < 1.29 is 13.9 Å². The summed E-state index contributed by atoms with van der Waals surface area (Å²) in [6.07, 6.45) is 0.469. The number of morpholine rings is 1. The van der Waals surface area contributed by atoms with Crippen LogP contribution in [0.4, 0.5) is 5.69 Å². The van der Waals surface area contributed by atoms with E-state index in [9.17, 15) is 4.79 Å². The second-order valence-electron chi connectivity index (χ2n) is 7.75. The number of anilines is 1. The molecule has 0 radical (unpaired) electrons. The fourth-order valence-corrected chi connectivity index (χ4v) is 3.34. The van der Waals surface area contributed by atoms with Crippen LogP contribution in [0.25, 0.3) is 0 Å². The minimum Gasteiger partial charge on any atom is -0.444 e. The zero-order valence-electron chi connectivity index (χ0n) is 19.2. The summed E-state index contributed by atoms with van der Waals surface area (Å²) in [7, 11) is 0. The first-order valence-corrected chi connectivity index (χ1v) is 11.2. The van der Waals surface area contributed by atoms with Crippen molar-refractivity contribution >= 4 is 17.6 Å². The van der Waals surface area contributed by atoms with Crippen molar-refractivity contribution in [3.8, 4) is 0 Å². The molecule has 32 heavy (non-hydrogen) atoms. The van der Waals surface area contributed by atoms with Crippen LogP contribution in [0.15, 0.2) is 33.7 Å². The predicted molar refractivity (Wildman–Crippen MR) is 125 cm³/mol. The molecule has 0 aliphatic carbocycles. The van der Waals surface area contributed by atoms with Gasteiger partial charge in [0.15, 0.2) is 5.96 Å². The highest BCUT2D eigenvalue weighted by Crippen LogP contribution is 2.12. The number of ether oxygens (including phenoxy) is 1. The number of amides is 1. The van der Waals surface area contributed by atoms with Crippen LogP contribution < -0.4 is 16.0 Å². The van der Waals surface area contributed by atoms with E-state index in [1.165, 1.54) is 0 Å². The molecule has 0 saturated carbocycles. The van der Waals surface area contributed by atoms with Gasteiger partial charge in [0.05, 0.1) is 32.0 Å². The maximum Gasteiger partial charge on any atom is 0.225 e. The number of aliphatic imine (C=N–C) groups is 1. The zero-order chi connectivity index (χ0) is 22.8. The summed E-state index contributed by atoms with van der Waals surface area (Å²) in [6.45, 7) is 11.5. The quantitative estimate of drug-likeness (QED) is 0.404. The second kappa shape index (κ2) is 12.2. The van der Waals surface area contributed by atoms with Crippen molar-refractivity contribution in [3.63, 3.8) is 0 Å². The van der Waals surface area contributed by atoms with Gasteiger partial charge in [0.25, 0.3) is 0 Å². The van der Waals surface area contributed by atoms with Crippen LogP contribution in [0.3, 0.4) is 0 Å². The number of carbonyl (C=O) groups is 1. The first-order valence-electron chi connectivity index (χ1n) is 11.2. The molecule has 1 aliphatic heterocycles.